The minimum atomic E-state index is -0.0275. The van der Waals surface area contributed by atoms with Gasteiger partial charge in [0, 0.05) is 40.7 Å². The van der Waals surface area contributed by atoms with Crippen LogP contribution in [0.1, 0.15) is 34.4 Å². The molecule has 1 aliphatic heterocycles. The van der Waals surface area contributed by atoms with Crippen LogP contribution in [0, 0.1) is 12.8 Å². The van der Waals surface area contributed by atoms with Crippen LogP contribution >= 0.6 is 0 Å². The van der Waals surface area contributed by atoms with E-state index in [-0.39, 0.29) is 5.41 Å². The minimum Gasteiger partial charge on any atom is -0.508 e. The Labute approximate surface area is 189 Å². The smallest absolute Gasteiger partial charge is 0.119 e. The molecule has 2 N–H and O–H groups in total. The van der Waals surface area contributed by atoms with Crippen molar-refractivity contribution in [2.45, 2.75) is 38.1 Å². The molecule has 0 radical (unpaired) electrons. The monoisotopic (exact) mass is 422 g/mol. The highest BCUT2D eigenvalue weighted by Crippen LogP contribution is 2.51. The number of hydrogen-bond acceptors (Lipinski definition) is 2. The predicted octanol–water partition coefficient (Wildman–Crippen LogP) is 5.74. The van der Waals surface area contributed by atoms with Gasteiger partial charge in [-0.25, -0.2) is 0 Å². The summed E-state index contributed by atoms with van der Waals surface area (Å²) in [4.78, 5) is 6.40. The Morgan fingerprint density at radius 2 is 1.81 bits per heavy atom. The third-order valence-electron chi connectivity index (χ3n) is 8.00. The van der Waals surface area contributed by atoms with E-state index in [1.807, 2.05) is 12.1 Å². The number of aromatic hydroxyl groups is 1. The van der Waals surface area contributed by atoms with Crippen LogP contribution in [-0.4, -0.2) is 28.1 Å². The first-order chi connectivity index (χ1) is 15.6. The van der Waals surface area contributed by atoms with Crippen LogP contribution in [0.4, 0.5) is 0 Å². The topological polar surface area (TPSA) is 39.3 Å². The fraction of sp³-hybridized carbons (Fsp3) is 0.310. The highest BCUT2D eigenvalue weighted by atomic mass is 16.3. The molecule has 0 amide bonds. The number of aromatic amines is 1. The number of aryl methyl sites for hydroxylation is 1. The SMILES string of the molecule is Cc1cccc2c3c([nH]c12)C[C@]1(c2ccccc2O)CCN(Cc2ccccc2)CC1C3. The minimum absolute atomic E-state index is 0.0275. The van der Waals surface area contributed by atoms with E-state index in [2.05, 4.69) is 77.5 Å². The molecule has 2 atom stereocenters. The van der Waals surface area contributed by atoms with Gasteiger partial charge in [0.1, 0.15) is 5.75 Å². The summed E-state index contributed by atoms with van der Waals surface area (Å²) in [5.74, 6) is 0.921. The lowest BCUT2D eigenvalue weighted by atomic mass is 9.58. The summed E-state index contributed by atoms with van der Waals surface area (Å²) in [6.07, 6.45) is 3.09. The number of rotatable bonds is 3. The number of aromatic nitrogens is 1. The molecule has 1 saturated heterocycles. The molecule has 0 bridgehead atoms. The second-order valence-electron chi connectivity index (χ2n) is 9.80. The fourth-order valence-corrected chi connectivity index (χ4v) is 6.38. The van der Waals surface area contributed by atoms with Crippen LogP contribution in [0.25, 0.3) is 10.9 Å². The molecule has 6 rings (SSSR count). The summed E-state index contributed by atoms with van der Waals surface area (Å²) >= 11 is 0. The van der Waals surface area contributed by atoms with Crippen LogP contribution in [0.2, 0.25) is 0 Å². The largest absolute Gasteiger partial charge is 0.508 e. The molecular formula is C29H30N2O. The van der Waals surface area contributed by atoms with Gasteiger partial charge in [-0.15, -0.1) is 0 Å². The number of phenols is 1. The van der Waals surface area contributed by atoms with Crippen molar-refractivity contribution in [3.8, 4) is 5.75 Å². The summed E-state index contributed by atoms with van der Waals surface area (Å²) in [5.41, 5.74) is 7.92. The van der Waals surface area contributed by atoms with Crippen molar-refractivity contribution >= 4 is 10.9 Å². The van der Waals surface area contributed by atoms with Crippen LogP contribution in [0.5, 0.6) is 5.75 Å². The lowest BCUT2D eigenvalue weighted by Gasteiger charge is -2.51. The molecule has 3 nitrogen and oxygen atoms in total. The predicted molar refractivity (Wildman–Crippen MR) is 130 cm³/mol. The van der Waals surface area contributed by atoms with E-state index in [9.17, 15) is 5.11 Å². The maximum absolute atomic E-state index is 10.9. The van der Waals surface area contributed by atoms with Gasteiger partial charge in [0.15, 0.2) is 0 Å². The molecule has 1 aliphatic carbocycles. The molecule has 0 saturated carbocycles. The maximum atomic E-state index is 10.9. The summed E-state index contributed by atoms with van der Waals surface area (Å²) < 4.78 is 0. The zero-order valence-electron chi connectivity index (χ0n) is 18.6. The maximum Gasteiger partial charge on any atom is 0.119 e. The number of H-pyrrole nitrogens is 1. The number of fused-ring (bicyclic) bond motifs is 4. The summed E-state index contributed by atoms with van der Waals surface area (Å²) in [7, 11) is 0. The van der Waals surface area contributed by atoms with Crippen molar-refractivity contribution in [3.63, 3.8) is 0 Å². The van der Waals surface area contributed by atoms with Crippen molar-refractivity contribution < 1.29 is 5.11 Å². The average Bonchev–Trinajstić information content (AvgIpc) is 3.17. The third-order valence-corrected chi connectivity index (χ3v) is 8.00. The van der Waals surface area contributed by atoms with Crippen LogP contribution < -0.4 is 0 Å². The van der Waals surface area contributed by atoms with Crippen molar-refractivity contribution in [1.29, 1.82) is 0 Å². The summed E-state index contributed by atoms with van der Waals surface area (Å²) in [6.45, 7) is 5.29. The van der Waals surface area contributed by atoms with Crippen LogP contribution in [-0.2, 0) is 24.8 Å². The van der Waals surface area contributed by atoms with E-state index >= 15 is 0 Å². The number of para-hydroxylation sites is 2. The number of benzene rings is 3. The first kappa shape index (κ1) is 19.6. The van der Waals surface area contributed by atoms with Crippen molar-refractivity contribution in [3.05, 3.63) is 101 Å². The van der Waals surface area contributed by atoms with Crippen LogP contribution in [0.15, 0.2) is 72.8 Å². The first-order valence-electron chi connectivity index (χ1n) is 11.8. The standard InChI is InChI=1S/C29H30N2O/c1-20-8-7-11-23-24-16-22-19-31(18-21-9-3-2-4-10-21)15-14-29(22,17-26(24)30-28(20)23)25-12-5-6-13-27(25)32/h2-13,22,30,32H,14-19H2,1H3/t22?,29-/m1/s1. The number of nitrogens with zero attached hydrogens (tertiary/aromatic N) is 1. The van der Waals surface area contributed by atoms with Crippen LogP contribution in [0.3, 0.4) is 0 Å². The molecule has 3 heteroatoms. The van der Waals surface area contributed by atoms with E-state index in [0.717, 1.165) is 44.5 Å². The van der Waals surface area contributed by atoms with Gasteiger partial charge in [-0.3, -0.25) is 4.90 Å². The van der Waals surface area contributed by atoms with E-state index in [1.54, 1.807) is 0 Å². The second-order valence-corrected chi connectivity index (χ2v) is 9.80. The van der Waals surface area contributed by atoms with E-state index in [1.165, 1.54) is 33.3 Å². The molecule has 2 aliphatic rings. The number of likely N-dealkylation sites (tertiary alicyclic amines) is 1. The summed E-state index contributed by atoms with van der Waals surface area (Å²) in [6, 6.07) is 25.5. The van der Waals surface area contributed by atoms with Gasteiger partial charge in [-0.2, -0.15) is 0 Å². The third kappa shape index (κ3) is 3.07. The van der Waals surface area contributed by atoms with Crippen molar-refractivity contribution in [2.24, 2.45) is 5.92 Å². The number of hydrogen-bond donors (Lipinski definition) is 2. The Morgan fingerprint density at radius 1 is 1.00 bits per heavy atom. The molecular weight excluding hydrogens is 392 g/mol. The fourth-order valence-electron chi connectivity index (χ4n) is 6.38. The molecule has 1 fully saturated rings. The van der Waals surface area contributed by atoms with Gasteiger partial charge in [-0.1, -0.05) is 66.7 Å². The van der Waals surface area contributed by atoms with E-state index in [0.29, 0.717) is 11.7 Å². The molecule has 1 aromatic heterocycles. The quantitative estimate of drug-likeness (QED) is 0.442. The molecule has 3 aromatic carbocycles. The van der Waals surface area contributed by atoms with E-state index < -0.39 is 0 Å². The average molecular weight is 423 g/mol. The lowest BCUT2D eigenvalue weighted by Crippen LogP contribution is -2.53. The Morgan fingerprint density at radius 3 is 2.66 bits per heavy atom. The summed E-state index contributed by atoms with van der Waals surface area (Å²) in [5, 5.41) is 12.3. The van der Waals surface area contributed by atoms with Gasteiger partial charge in [0.05, 0.1) is 0 Å². The molecule has 4 aromatic rings. The Balaban J connectivity index is 1.43. The van der Waals surface area contributed by atoms with Crippen molar-refractivity contribution in [1.82, 2.24) is 9.88 Å². The van der Waals surface area contributed by atoms with Gasteiger partial charge < -0.3 is 10.1 Å². The molecule has 1 unspecified atom stereocenters. The molecule has 0 spiro atoms. The number of piperidine rings is 1. The van der Waals surface area contributed by atoms with Gasteiger partial charge in [0.2, 0.25) is 0 Å². The zero-order chi connectivity index (χ0) is 21.7. The van der Waals surface area contributed by atoms with Gasteiger partial charge in [0.25, 0.3) is 0 Å². The lowest BCUT2D eigenvalue weighted by molar-refractivity contribution is 0.0750. The zero-order valence-corrected chi connectivity index (χ0v) is 18.6. The Kier molecular flexibility index (Phi) is 4.62. The van der Waals surface area contributed by atoms with Gasteiger partial charge in [-0.05, 0) is 61.4 Å². The molecule has 162 valence electrons. The highest BCUT2D eigenvalue weighted by molar-refractivity contribution is 5.87. The number of phenolic OH excluding ortho intramolecular Hbond substituents is 1. The van der Waals surface area contributed by atoms with Crippen molar-refractivity contribution in [2.75, 3.05) is 13.1 Å². The first-order valence-corrected chi connectivity index (χ1v) is 11.8. The Hall–Kier alpha value is -3.04. The van der Waals surface area contributed by atoms with Gasteiger partial charge >= 0.3 is 0 Å². The van der Waals surface area contributed by atoms with E-state index in [4.69, 9.17) is 0 Å². The normalized spacial score (nSPS) is 23.1. The Bertz CT molecular complexity index is 1280. The molecule has 32 heavy (non-hydrogen) atoms. The second kappa shape index (κ2) is 7.53. The number of nitrogens with one attached hydrogen (secondary N) is 1. The molecule has 2 heterocycles. The highest BCUT2D eigenvalue weighted by Gasteiger charge is 2.49.